The molecule has 1 saturated carbocycles. The van der Waals surface area contributed by atoms with Gasteiger partial charge < -0.3 is 0 Å². The molecule has 0 saturated heterocycles. The van der Waals surface area contributed by atoms with E-state index < -0.39 is 0 Å². The molecule has 0 amide bonds. The summed E-state index contributed by atoms with van der Waals surface area (Å²) >= 11 is 7.47. The van der Waals surface area contributed by atoms with E-state index in [1.165, 1.54) is 29.4 Å². The highest BCUT2D eigenvalue weighted by molar-refractivity contribution is 9.10. The van der Waals surface area contributed by atoms with E-state index in [9.17, 15) is 0 Å². The second-order valence-corrected chi connectivity index (χ2v) is 6.54. The average Bonchev–Trinajstić information content (AvgIpc) is 2.78. The molecular formula is C12H18Br2N2. The van der Waals surface area contributed by atoms with Gasteiger partial charge in [-0.1, -0.05) is 22.4 Å². The van der Waals surface area contributed by atoms with E-state index in [0.29, 0.717) is 4.83 Å². The van der Waals surface area contributed by atoms with E-state index in [4.69, 9.17) is 0 Å². The van der Waals surface area contributed by atoms with Crippen molar-refractivity contribution >= 4 is 31.9 Å². The van der Waals surface area contributed by atoms with E-state index in [0.717, 1.165) is 24.6 Å². The molecule has 1 heterocycles. The Hall–Kier alpha value is 0.170. The van der Waals surface area contributed by atoms with Gasteiger partial charge >= 0.3 is 0 Å². The van der Waals surface area contributed by atoms with E-state index in [1.807, 2.05) is 0 Å². The van der Waals surface area contributed by atoms with E-state index in [-0.39, 0.29) is 0 Å². The quantitative estimate of drug-likeness (QED) is 0.752. The van der Waals surface area contributed by atoms with Gasteiger partial charge in [-0.2, -0.15) is 5.10 Å². The number of aromatic nitrogens is 2. The van der Waals surface area contributed by atoms with Gasteiger partial charge in [0.2, 0.25) is 0 Å². The lowest BCUT2D eigenvalue weighted by Gasteiger charge is -2.15. The first-order valence-corrected chi connectivity index (χ1v) is 7.70. The van der Waals surface area contributed by atoms with Gasteiger partial charge in [0.05, 0.1) is 15.9 Å². The minimum absolute atomic E-state index is 0.694. The van der Waals surface area contributed by atoms with Gasteiger partial charge in [0.1, 0.15) is 0 Å². The minimum Gasteiger partial charge on any atom is -0.268 e. The number of rotatable bonds is 3. The van der Waals surface area contributed by atoms with Gasteiger partial charge in [-0.05, 0) is 55.0 Å². The van der Waals surface area contributed by atoms with Gasteiger partial charge in [-0.3, -0.25) is 4.68 Å². The molecule has 2 rings (SSSR count). The number of hydrogen-bond donors (Lipinski definition) is 0. The molecule has 1 aromatic rings. The van der Waals surface area contributed by atoms with Crippen molar-refractivity contribution in [1.82, 2.24) is 9.78 Å². The van der Waals surface area contributed by atoms with Crippen molar-refractivity contribution in [3.05, 3.63) is 15.9 Å². The minimum atomic E-state index is 0.694. The van der Waals surface area contributed by atoms with Crippen LogP contribution in [0, 0.1) is 12.8 Å². The summed E-state index contributed by atoms with van der Waals surface area (Å²) in [5.74, 6) is 0.776. The van der Waals surface area contributed by atoms with Crippen LogP contribution in [0.5, 0.6) is 0 Å². The fourth-order valence-corrected chi connectivity index (χ4v) is 3.75. The van der Waals surface area contributed by atoms with Crippen LogP contribution in [0.3, 0.4) is 0 Å². The molecule has 0 radical (unpaired) electrons. The first kappa shape index (κ1) is 12.6. The molecule has 0 spiro atoms. The monoisotopic (exact) mass is 348 g/mol. The van der Waals surface area contributed by atoms with Crippen LogP contribution >= 0.6 is 31.9 Å². The van der Waals surface area contributed by atoms with Crippen LogP contribution in [0.1, 0.15) is 37.6 Å². The lowest BCUT2D eigenvalue weighted by atomic mass is 10.0. The third kappa shape index (κ3) is 2.37. The van der Waals surface area contributed by atoms with Crippen molar-refractivity contribution in [2.75, 3.05) is 0 Å². The third-order valence-electron chi connectivity index (χ3n) is 3.47. The molecule has 1 aliphatic rings. The zero-order chi connectivity index (χ0) is 11.7. The van der Waals surface area contributed by atoms with Crippen LogP contribution in [-0.4, -0.2) is 14.6 Å². The molecule has 1 aromatic heterocycles. The topological polar surface area (TPSA) is 17.8 Å². The van der Waals surface area contributed by atoms with Crippen molar-refractivity contribution in [2.24, 2.45) is 5.92 Å². The zero-order valence-electron chi connectivity index (χ0n) is 9.84. The molecule has 2 nitrogen and oxygen atoms in total. The Balaban J connectivity index is 2.19. The highest BCUT2D eigenvalue weighted by Crippen LogP contribution is 2.35. The van der Waals surface area contributed by atoms with Gasteiger partial charge in [0.15, 0.2) is 0 Å². The maximum absolute atomic E-state index is 4.55. The van der Waals surface area contributed by atoms with Crippen molar-refractivity contribution in [3.63, 3.8) is 0 Å². The summed E-state index contributed by atoms with van der Waals surface area (Å²) in [5, 5.41) is 4.55. The SMILES string of the molecule is CCn1nc(C)c(Br)c1CC1CCCC1Br. The first-order valence-electron chi connectivity index (χ1n) is 5.99. The molecule has 0 N–H and O–H groups in total. The molecule has 0 bridgehead atoms. The molecular weight excluding hydrogens is 332 g/mol. The van der Waals surface area contributed by atoms with Crippen molar-refractivity contribution < 1.29 is 0 Å². The lowest BCUT2D eigenvalue weighted by molar-refractivity contribution is 0.517. The van der Waals surface area contributed by atoms with Crippen LogP contribution < -0.4 is 0 Å². The number of nitrogens with zero attached hydrogens (tertiary/aromatic N) is 2. The van der Waals surface area contributed by atoms with Crippen LogP contribution in [0.15, 0.2) is 4.47 Å². The van der Waals surface area contributed by atoms with Crippen molar-refractivity contribution in [1.29, 1.82) is 0 Å². The number of hydrogen-bond acceptors (Lipinski definition) is 1. The van der Waals surface area contributed by atoms with E-state index in [1.54, 1.807) is 0 Å². The van der Waals surface area contributed by atoms with Crippen molar-refractivity contribution in [2.45, 2.75) is 50.9 Å². The molecule has 90 valence electrons. The van der Waals surface area contributed by atoms with E-state index >= 15 is 0 Å². The summed E-state index contributed by atoms with van der Waals surface area (Å²) in [5.41, 5.74) is 2.48. The van der Waals surface area contributed by atoms with E-state index in [2.05, 4.69) is 55.5 Å². The lowest BCUT2D eigenvalue weighted by Crippen LogP contribution is -2.13. The summed E-state index contributed by atoms with van der Waals surface area (Å²) in [6.07, 6.45) is 5.17. The second-order valence-electron chi connectivity index (χ2n) is 4.57. The standard InChI is InChI=1S/C12H18Br2N2/c1-3-16-11(12(14)8(2)15-16)7-9-5-4-6-10(9)13/h9-10H,3-7H2,1-2H3. The average molecular weight is 350 g/mol. The molecule has 0 aromatic carbocycles. The predicted octanol–water partition coefficient (Wildman–Crippen LogP) is 4.08. The van der Waals surface area contributed by atoms with Crippen molar-refractivity contribution in [3.8, 4) is 0 Å². The van der Waals surface area contributed by atoms with Gasteiger partial charge in [0, 0.05) is 11.4 Å². The summed E-state index contributed by atoms with van der Waals surface area (Å²) in [6, 6.07) is 0. The maximum Gasteiger partial charge on any atom is 0.0738 e. The summed E-state index contributed by atoms with van der Waals surface area (Å²) in [6.45, 7) is 5.18. The molecule has 2 unspecified atom stereocenters. The first-order chi connectivity index (χ1) is 7.63. The molecule has 1 fully saturated rings. The fourth-order valence-electron chi connectivity index (χ4n) is 2.53. The molecule has 16 heavy (non-hydrogen) atoms. The Kier molecular flexibility index (Phi) is 4.11. The summed E-state index contributed by atoms with van der Waals surface area (Å²) < 4.78 is 3.35. The highest BCUT2D eigenvalue weighted by atomic mass is 79.9. The Morgan fingerprint density at radius 2 is 2.19 bits per heavy atom. The van der Waals surface area contributed by atoms with Gasteiger partial charge in [0.25, 0.3) is 0 Å². The number of alkyl halides is 1. The number of halogens is 2. The molecule has 2 atom stereocenters. The smallest absolute Gasteiger partial charge is 0.0738 e. The molecule has 4 heteroatoms. The van der Waals surface area contributed by atoms with Crippen LogP contribution in [0.2, 0.25) is 0 Å². The Bertz CT molecular complexity index is 373. The predicted molar refractivity (Wildman–Crippen MR) is 74.1 cm³/mol. The Labute approximate surface area is 114 Å². The molecule has 0 aliphatic heterocycles. The Morgan fingerprint density at radius 3 is 2.75 bits per heavy atom. The number of aryl methyl sites for hydroxylation is 2. The fraction of sp³-hybridized carbons (Fsp3) is 0.750. The Morgan fingerprint density at radius 1 is 1.44 bits per heavy atom. The second kappa shape index (κ2) is 5.21. The zero-order valence-corrected chi connectivity index (χ0v) is 13.0. The van der Waals surface area contributed by atoms with Crippen LogP contribution in [0.4, 0.5) is 0 Å². The third-order valence-corrected chi connectivity index (χ3v) is 5.71. The maximum atomic E-state index is 4.55. The molecule has 1 aliphatic carbocycles. The van der Waals surface area contributed by atoms with Gasteiger partial charge in [-0.25, -0.2) is 0 Å². The highest BCUT2D eigenvalue weighted by Gasteiger charge is 2.27. The van der Waals surface area contributed by atoms with Crippen LogP contribution in [0.25, 0.3) is 0 Å². The van der Waals surface area contributed by atoms with Gasteiger partial charge in [-0.15, -0.1) is 0 Å². The summed E-state index contributed by atoms with van der Waals surface area (Å²) in [7, 11) is 0. The van der Waals surface area contributed by atoms with Crippen LogP contribution in [-0.2, 0) is 13.0 Å². The largest absolute Gasteiger partial charge is 0.268 e. The normalized spacial score (nSPS) is 25.2. The summed E-state index contributed by atoms with van der Waals surface area (Å²) in [4.78, 5) is 0.694.